The summed E-state index contributed by atoms with van der Waals surface area (Å²) in [5.41, 5.74) is 0.399. The minimum atomic E-state index is -0.0165. The second-order valence-electron chi connectivity index (χ2n) is 9.22. The molecule has 0 aromatic rings. The predicted molar refractivity (Wildman–Crippen MR) is 79.5 cm³/mol. The van der Waals surface area contributed by atoms with Gasteiger partial charge in [-0.25, -0.2) is 0 Å². The third kappa shape index (κ3) is 1.32. The lowest BCUT2D eigenvalue weighted by Crippen LogP contribution is -2.50. The third-order valence-corrected chi connectivity index (χ3v) is 8.75. The summed E-state index contributed by atoms with van der Waals surface area (Å²) in [4.78, 5) is 24.6. The van der Waals surface area contributed by atoms with Crippen LogP contribution in [-0.4, -0.2) is 11.6 Å². The maximum atomic E-state index is 12.4. The summed E-state index contributed by atoms with van der Waals surface area (Å²) < 4.78 is 0. The van der Waals surface area contributed by atoms with Crippen LogP contribution >= 0.6 is 0 Å². The molecule has 0 amide bonds. The smallest absolute Gasteiger partial charge is 0.139 e. The Morgan fingerprint density at radius 3 is 2.57 bits per heavy atom. The average molecular weight is 286 g/mol. The fraction of sp³-hybridized carbons (Fsp3) is 0.895. The van der Waals surface area contributed by atoms with Gasteiger partial charge >= 0.3 is 0 Å². The highest BCUT2D eigenvalue weighted by Crippen LogP contribution is 2.75. The van der Waals surface area contributed by atoms with E-state index < -0.39 is 0 Å². The third-order valence-electron chi connectivity index (χ3n) is 8.75. The van der Waals surface area contributed by atoms with Crippen LogP contribution in [0.3, 0.4) is 0 Å². The van der Waals surface area contributed by atoms with E-state index in [9.17, 15) is 9.59 Å². The van der Waals surface area contributed by atoms with Crippen molar-refractivity contribution in [1.82, 2.24) is 0 Å². The maximum Gasteiger partial charge on any atom is 0.139 e. The van der Waals surface area contributed by atoms with Crippen molar-refractivity contribution in [2.24, 2.45) is 46.3 Å². The Bertz CT molecular complexity index is 552. The van der Waals surface area contributed by atoms with Gasteiger partial charge in [-0.1, -0.05) is 13.8 Å². The van der Waals surface area contributed by atoms with Crippen LogP contribution in [0, 0.1) is 46.3 Å². The number of rotatable bonds is 0. The van der Waals surface area contributed by atoms with E-state index in [-0.39, 0.29) is 5.41 Å². The molecule has 0 saturated heterocycles. The van der Waals surface area contributed by atoms with Crippen LogP contribution in [0.25, 0.3) is 0 Å². The number of hydrogen-bond acceptors (Lipinski definition) is 2. The van der Waals surface area contributed by atoms with E-state index in [1.165, 1.54) is 12.8 Å². The number of fused-ring (bicyclic) bond motifs is 5. The Morgan fingerprint density at radius 1 is 0.952 bits per heavy atom. The van der Waals surface area contributed by atoms with Crippen LogP contribution in [0.2, 0.25) is 0 Å². The maximum absolute atomic E-state index is 12.4. The summed E-state index contributed by atoms with van der Waals surface area (Å²) >= 11 is 0. The highest BCUT2D eigenvalue weighted by molar-refractivity contribution is 5.87. The molecule has 2 nitrogen and oxygen atoms in total. The van der Waals surface area contributed by atoms with Gasteiger partial charge in [0.1, 0.15) is 11.6 Å². The molecule has 0 spiro atoms. The van der Waals surface area contributed by atoms with Crippen molar-refractivity contribution < 1.29 is 9.59 Å². The first kappa shape index (κ1) is 12.8. The summed E-state index contributed by atoms with van der Waals surface area (Å²) in [7, 11) is 0. The van der Waals surface area contributed by atoms with Gasteiger partial charge in [0.15, 0.2) is 0 Å². The molecule has 0 aromatic carbocycles. The van der Waals surface area contributed by atoms with Gasteiger partial charge in [0, 0.05) is 24.2 Å². The standard InChI is InChI=1S/C19H26O2/c1-18-7-5-13-10(12(18)3-4-15(18)21)9-11-16-14(20)6-8-19(13,2)17(11)16/h10-13,16-17H,3-9H2,1-2H3/t10-,11+,12-,13-,16+,17+,18-,19+/m0/s1. The van der Waals surface area contributed by atoms with E-state index in [1.54, 1.807) is 0 Å². The molecular formula is C19H26O2. The summed E-state index contributed by atoms with van der Waals surface area (Å²) in [6.45, 7) is 4.75. The topological polar surface area (TPSA) is 34.1 Å². The van der Waals surface area contributed by atoms with Gasteiger partial charge in [-0.15, -0.1) is 0 Å². The fourth-order valence-electron chi connectivity index (χ4n) is 7.68. The van der Waals surface area contributed by atoms with Gasteiger partial charge in [-0.2, -0.15) is 0 Å². The van der Waals surface area contributed by atoms with Gasteiger partial charge in [0.2, 0.25) is 0 Å². The van der Waals surface area contributed by atoms with Crippen LogP contribution < -0.4 is 0 Å². The number of carbonyl (C=O) groups excluding carboxylic acids is 2. The van der Waals surface area contributed by atoms with Crippen molar-refractivity contribution in [2.75, 3.05) is 0 Å². The first-order valence-corrected chi connectivity index (χ1v) is 9.03. The molecule has 0 radical (unpaired) electrons. The second kappa shape index (κ2) is 3.63. The molecule has 0 unspecified atom stereocenters. The number of Topliss-reactive ketones (excluding diaryl/α,β-unsaturated/α-hetero) is 2. The normalized spacial score (nSPS) is 61.0. The first-order chi connectivity index (χ1) is 9.97. The van der Waals surface area contributed by atoms with E-state index in [4.69, 9.17) is 0 Å². The van der Waals surface area contributed by atoms with Crippen LogP contribution in [0.4, 0.5) is 0 Å². The average Bonchev–Trinajstić information content (AvgIpc) is 3.11. The van der Waals surface area contributed by atoms with E-state index in [0.717, 1.165) is 43.9 Å². The lowest BCUT2D eigenvalue weighted by molar-refractivity contribution is -0.135. The molecule has 5 saturated carbocycles. The lowest BCUT2D eigenvalue weighted by atomic mass is 9.49. The molecule has 5 rings (SSSR count). The number of hydrogen-bond donors (Lipinski definition) is 0. The van der Waals surface area contributed by atoms with E-state index in [1.807, 2.05) is 0 Å². The molecule has 5 fully saturated rings. The molecule has 5 aliphatic carbocycles. The van der Waals surface area contributed by atoms with Crippen LogP contribution in [-0.2, 0) is 9.59 Å². The Hall–Kier alpha value is -0.660. The SMILES string of the molecule is C[C@@]12CCC(=O)[C@H]3[C@@H](C[C@@H]4[C@@H]1CC[C@]1(C)C(=O)CC[C@@H]41)[C@H]32. The molecule has 8 atom stereocenters. The Morgan fingerprint density at radius 2 is 1.76 bits per heavy atom. The van der Waals surface area contributed by atoms with Crippen molar-refractivity contribution >= 4 is 11.6 Å². The summed E-state index contributed by atoms with van der Waals surface area (Å²) in [5.74, 6) is 5.06. The highest BCUT2D eigenvalue weighted by atomic mass is 16.1. The molecule has 0 bridgehead atoms. The van der Waals surface area contributed by atoms with Crippen molar-refractivity contribution in [2.45, 2.75) is 58.8 Å². The molecule has 114 valence electrons. The molecule has 2 heteroatoms. The number of carbonyl (C=O) groups is 2. The predicted octanol–water partition coefficient (Wildman–Crippen LogP) is 3.63. The zero-order valence-corrected chi connectivity index (χ0v) is 13.2. The Balaban J connectivity index is 1.55. The van der Waals surface area contributed by atoms with Gasteiger partial charge in [0.25, 0.3) is 0 Å². The van der Waals surface area contributed by atoms with E-state index in [0.29, 0.717) is 40.7 Å². The molecule has 5 aliphatic rings. The van der Waals surface area contributed by atoms with Gasteiger partial charge < -0.3 is 0 Å². The van der Waals surface area contributed by atoms with Gasteiger partial charge in [-0.3, -0.25) is 9.59 Å². The molecule has 0 heterocycles. The van der Waals surface area contributed by atoms with Crippen LogP contribution in [0.1, 0.15) is 58.8 Å². The van der Waals surface area contributed by atoms with E-state index in [2.05, 4.69) is 13.8 Å². The van der Waals surface area contributed by atoms with Gasteiger partial charge in [-0.05, 0) is 67.1 Å². The van der Waals surface area contributed by atoms with Crippen molar-refractivity contribution in [1.29, 1.82) is 0 Å². The Kier molecular flexibility index (Phi) is 2.22. The zero-order chi connectivity index (χ0) is 14.6. The van der Waals surface area contributed by atoms with Gasteiger partial charge in [0.05, 0.1) is 0 Å². The molecule has 0 N–H and O–H groups in total. The van der Waals surface area contributed by atoms with Crippen LogP contribution in [0.5, 0.6) is 0 Å². The summed E-state index contributed by atoms with van der Waals surface area (Å²) in [6.07, 6.45) is 7.52. The van der Waals surface area contributed by atoms with Crippen molar-refractivity contribution in [3.63, 3.8) is 0 Å². The fourth-order valence-corrected chi connectivity index (χ4v) is 7.68. The first-order valence-electron chi connectivity index (χ1n) is 9.03. The largest absolute Gasteiger partial charge is 0.299 e. The lowest BCUT2D eigenvalue weighted by Gasteiger charge is -2.55. The summed E-state index contributed by atoms with van der Waals surface area (Å²) in [5, 5.41) is 0. The Labute approximate surface area is 127 Å². The van der Waals surface area contributed by atoms with E-state index >= 15 is 0 Å². The minimum absolute atomic E-state index is 0.0165. The zero-order valence-electron chi connectivity index (χ0n) is 13.2. The molecule has 0 aliphatic heterocycles. The number of ketones is 2. The molecule has 0 aromatic heterocycles. The second-order valence-corrected chi connectivity index (χ2v) is 9.22. The highest BCUT2D eigenvalue weighted by Gasteiger charge is 2.72. The summed E-state index contributed by atoms with van der Waals surface area (Å²) in [6, 6.07) is 0. The van der Waals surface area contributed by atoms with Crippen molar-refractivity contribution in [3.05, 3.63) is 0 Å². The minimum Gasteiger partial charge on any atom is -0.299 e. The van der Waals surface area contributed by atoms with Crippen LogP contribution in [0.15, 0.2) is 0 Å². The monoisotopic (exact) mass is 286 g/mol. The van der Waals surface area contributed by atoms with Crippen molar-refractivity contribution in [3.8, 4) is 0 Å². The molecule has 21 heavy (non-hydrogen) atoms. The molecular weight excluding hydrogens is 260 g/mol. The quantitative estimate of drug-likeness (QED) is 0.681.